The molecule has 2 amide bonds. The Hall–Kier alpha value is -1.88. The first-order chi connectivity index (χ1) is 11.3. The molecule has 24 heavy (non-hydrogen) atoms. The van der Waals surface area contributed by atoms with Crippen LogP contribution >= 0.6 is 0 Å². The van der Waals surface area contributed by atoms with Crippen LogP contribution in [0.15, 0.2) is 24.3 Å². The number of carbonyl (C=O) groups excluding carboxylic acids is 2. The molecule has 1 atom stereocenters. The van der Waals surface area contributed by atoms with Gasteiger partial charge < -0.3 is 15.0 Å². The largest absolute Gasteiger partial charge is 0.385 e. The molecule has 1 fully saturated rings. The van der Waals surface area contributed by atoms with Gasteiger partial charge in [-0.25, -0.2) is 0 Å². The number of nitrogens with one attached hydrogen (secondary N) is 1. The molecule has 1 aliphatic rings. The van der Waals surface area contributed by atoms with Crippen LogP contribution in [0.4, 0.5) is 5.69 Å². The van der Waals surface area contributed by atoms with Gasteiger partial charge in [-0.2, -0.15) is 0 Å². The van der Waals surface area contributed by atoms with Crippen LogP contribution in [-0.4, -0.2) is 38.6 Å². The molecule has 1 unspecified atom stereocenters. The summed E-state index contributed by atoms with van der Waals surface area (Å²) in [5, 5.41) is 2.90. The van der Waals surface area contributed by atoms with Crippen molar-refractivity contribution in [3.63, 3.8) is 0 Å². The SMILES string of the molecule is COCCCNC(=O)C1CC(=O)N(c2ccccc2C(C)(C)C)C1. The van der Waals surface area contributed by atoms with E-state index in [9.17, 15) is 9.59 Å². The summed E-state index contributed by atoms with van der Waals surface area (Å²) in [5.41, 5.74) is 1.99. The van der Waals surface area contributed by atoms with Crippen molar-refractivity contribution in [1.29, 1.82) is 0 Å². The van der Waals surface area contributed by atoms with E-state index in [0.29, 0.717) is 19.7 Å². The van der Waals surface area contributed by atoms with Crippen LogP contribution in [0, 0.1) is 5.92 Å². The van der Waals surface area contributed by atoms with Crippen molar-refractivity contribution in [2.24, 2.45) is 5.92 Å². The standard InChI is InChI=1S/C19H28N2O3/c1-19(2,3)15-8-5-6-9-16(15)21-13-14(12-17(21)22)18(23)20-10-7-11-24-4/h5-6,8-9,14H,7,10-13H2,1-4H3,(H,20,23). The van der Waals surface area contributed by atoms with Gasteiger partial charge >= 0.3 is 0 Å². The van der Waals surface area contributed by atoms with Crippen LogP contribution in [0.5, 0.6) is 0 Å². The quantitative estimate of drug-likeness (QED) is 0.814. The van der Waals surface area contributed by atoms with E-state index < -0.39 is 0 Å². The molecule has 0 aromatic heterocycles. The number of hydrogen-bond acceptors (Lipinski definition) is 3. The van der Waals surface area contributed by atoms with Crippen LogP contribution in [0.2, 0.25) is 0 Å². The van der Waals surface area contributed by atoms with Crippen LogP contribution < -0.4 is 10.2 Å². The highest BCUT2D eigenvalue weighted by atomic mass is 16.5. The molecule has 0 radical (unpaired) electrons. The number of ether oxygens (including phenoxy) is 1. The number of methoxy groups -OCH3 is 1. The molecule has 5 nitrogen and oxygen atoms in total. The average Bonchev–Trinajstić information content (AvgIpc) is 2.92. The summed E-state index contributed by atoms with van der Waals surface area (Å²) < 4.78 is 4.97. The smallest absolute Gasteiger partial charge is 0.227 e. The second-order valence-corrected chi connectivity index (χ2v) is 7.31. The van der Waals surface area contributed by atoms with E-state index in [2.05, 4.69) is 32.2 Å². The van der Waals surface area contributed by atoms with Gasteiger partial charge in [0, 0.05) is 38.9 Å². The summed E-state index contributed by atoms with van der Waals surface area (Å²) in [6, 6.07) is 7.96. The Morgan fingerprint density at radius 2 is 2.04 bits per heavy atom. The van der Waals surface area contributed by atoms with Gasteiger partial charge in [0.15, 0.2) is 0 Å². The maximum Gasteiger partial charge on any atom is 0.227 e. The number of benzene rings is 1. The molecule has 0 bridgehead atoms. The number of hydrogen-bond donors (Lipinski definition) is 1. The molecular weight excluding hydrogens is 304 g/mol. The van der Waals surface area contributed by atoms with E-state index in [-0.39, 0.29) is 29.6 Å². The third kappa shape index (κ3) is 4.35. The predicted octanol–water partition coefficient (Wildman–Crippen LogP) is 2.49. The fourth-order valence-electron chi connectivity index (χ4n) is 3.03. The first-order valence-electron chi connectivity index (χ1n) is 8.51. The third-order valence-electron chi connectivity index (χ3n) is 4.32. The van der Waals surface area contributed by atoms with Crippen molar-refractivity contribution in [1.82, 2.24) is 5.32 Å². The zero-order valence-corrected chi connectivity index (χ0v) is 15.1. The molecule has 5 heteroatoms. The minimum atomic E-state index is -0.284. The summed E-state index contributed by atoms with van der Waals surface area (Å²) in [7, 11) is 1.64. The van der Waals surface area contributed by atoms with E-state index in [0.717, 1.165) is 17.7 Å². The van der Waals surface area contributed by atoms with Crippen molar-refractivity contribution in [3.8, 4) is 0 Å². The fourth-order valence-corrected chi connectivity index (χ4v) is 3.03. The van der Waals surface area contributed by atoms with Crippen LogP contribution in [0.25, 0.3) is 0 Å². The number of rotatable bonds is 6. The maximum absolute atomic E-state index is 12.5. The Bertz CT molecular complexity index is 593. The first-order valence-corrected chi connectivity index (χ1v) is 8.51. The lowest BCUT2D eigenvalue weighted by atomic mass is 9.85. The lowest BCUT2D eigenvalue weighted by Crippen LogP contribution is -2.34. The maximum atomic E-state index is 12.5. The Morgan fingerprint density at radius 3 is 2.71 bits per heavy atom. The average molecular weight is 332 g/mol. The predicted molar refractivity (Wildman–Crippen MR) is 95.1 cm³/mol. The van der Waals surface area contributed by atoms with Gasteiger partial charge in [-0.15, -0.1) is 0 Å². The van der Waals surface area contributed by atoms with Gasteiger partial charge in [0.05, 0.1) is 5.92 Å². The normalized spacial score (nSPS) is 18.1. The van der Waals surface area contributed by atoms with Crippen molar-refractivity contribution < 1.29 is 14.3 Å². The van der Waals surface area contributed by atoms with E-state index >= 15 is 0 Å². The molecule has 1 N–H and O–H groups in total. The van der Waals surface area contributed by atoms with Crippen LogP contribution in [-0.2, 0) is 19.7 Å². The molecule has 2 rings (SSSR count). The van der Waals surface area contributed by atoms with Gasteiger partial charge in [-0.3, -0.25) is 9.59 Å². The number of para-hydroxylation sites is 1. The van der Waals surface area contributed by atoms with E-state index in [1.807, 2.05) is 18.2 Å². The van der Waals surface area contributed by atoms with Crippen LogP contribution in [0.1, 0.15) is 39.2 Å². The monoisotopic (exact) mass is 332 g/mol. The first kappa shape index (κ1) is 18.5. The third-order valence-corrected chi connectivity index (χ3v) is 4.32. The Kier molecular flexibility index (Phi) is 5.99. The molecule has 1 saturated heterocycles. The van der Waals surface area contributed by atoms with Gasteiger partial charge in [0.1, 0.15) is 0 Å². The van der Waals surface area contributed by atoms with Crippen LogP contribution in [0.3, 0.4) is 0 Å². The van der Waals surface area contributed by atoms with Crippen molar-refractivity contribution >= 4 is 17.5 Å². The molecule has 1 aliphatic heterocycles. The summed E-state index contributed by atoms with van der Waals surface area (Å²) >= 11 is 0. The zero-order chi connectivity index (χ0) is 17.7. The van der Waals surface area contributed by atoms with Gasteiger partial charge in [0.2, 0.25) is 11.8 Å². The zero-order valence-electron chi connectivity index (χ0n) is 15.1. The Balaban J connectivity index is 2.07. The molecule has 0 spiro atoms. The summed E-state index contributed by atoms with van der Waals surface area (Å²) in [6.45, 7) is 8.04. The van der Waals surface area contributed by atoms with Crippen molar-refractivity contribution in [3.05, 3.63) is 29.8 Å². The lowest BCUT2D eigenvalue weighted by Gasteiger charge is -2.27. The number of amides is 2. The Morgan fingerprint density at radius 1 is 1.33 bits per heavy atom. The second-order valence-electron chi connectivity index (χ2n) is 7.31. The van der Waals surface area contributed by atoms with Gasteiger partial charge in [-0.1, -0.05) is 39.0 Å². The molecule has 1 aromatic carbocycles. The van der Waals surface area contributed by atoms with E-state index in [1.54, 1.807) is 12.0 Å². The van der Waals surface area contributed by atoms with Crippen molar-refractivity contribution in [2.75, 3.05) is 31.7 Å². The number of anilines is 1. The molecule has 0 aliphatic carbocycles. The molecule has 1 heterocycles. The minimum Gasteiger partial charge on any atom is -0.385 e. The minimum absolute atomic E-state index is 0.0174. The summed E-state index contributed by atoms with van der Waals surface area (Å²) in [4.78, 5) is 26.5. The highest BCUT2D eigenvalue weighted by Crippen LogP contribution is 2.35. The highest BCUT2D eigenvalue weighted by molar-refractivity contribution is 6.01. The van der Waals surface area contributed by atoms with Gasteiger partial charge in [-0.05, 0) is 23.5 Å². The lowest BCUT2D eigenvalue weighted by molar-refractivity contribution is -0.126. The van der Waals surface area contributed by atoms with Crippen molar-refractivity contribution in [2.45, 2.75) is 39.0 Å². The van der Waals surface area contributed by atoms with E-state index in [1.165, 1.54) is 0 Å². The fraction of sp³-hybridized carbons (Fsp3) is 0.579. The summed E-state index contributed by atoms with van der Waals surface area (Å²) in [5.74, 6) is -0.313. The molecule has 132 valence electrons. The number of carbonyl (C=O) groups is 2. The topological polar surface area (TPSA) is 58.6 Å². The second kappa shape index (κ2) is 7.79. The van der Waals surface area contributed by atoms with Gasteiger partial charge in [0.25, 0.3) is 0 Å². The Labute approximate surface area is 144 Å². The molecule has 0 saturated carbocycles. The molecular formula is C19H28N2O3. The van der Waals surface area contributed by atoms with E-state index in [4.69, 9.17) is 4.74 Å². The highest BCUT2D eigenvalue weighted by Gasteiger charge is 2.36. The molecule has 1 aromatic rings. The summed E-state index contributed by atoms with van der Waals surface area (Å²) in [6.07, 6.45) is 1.05. The number of nitrogens with zero attached hydrogens (tertiary/aromatic N) is 1.